The van der Waals surface area contributed by atoms with Crippen molar-refractivity contribution in [3.8, 4) is 0 Å². The van der Waals surface area contributed by atoms with Gasteiger partial charge < -0.3 is 4.74 Å². The Morgan fingerprint density at radius 2 is 2.06 bits per heavy atom. The minimum Gasteiger partial charge on any atom is -0.468 e. The molecule has 17 heavy (non-hydrogen) atoms. The summed E-state index contributed by atoms with van der Waals surface area (Å²) in [5.74, 6) is -0.261. The number of aromatic nitrogens is 1. The van der Waals surface area contributed by atoms with Crippen LogP contribution in [0.1, 0.15) is 42.4 Å². The van der Waals surface area contributed by atoms with Crippen molar-refractivity contribution in [3.05, 3.63) is 15.6 Å². The van der Waals surface area contributed by atoms with Crippen LogP contribution in [0.5, 0.6) is 0 Å². The number of hydrogen-bond acceptors (Lipinski definition) is 5. The van der Waals surface area contributed by atoms with E-state index in [0.29, 0.717) is 0 Å². The van der Waals surface area contributed by atoms with Gasteiger partial charge in [0.1, 0.15) is 5.54 Å². The molecule has 96 valence electrons. The summed E-state index contributed by atoms with van der Waals surface area (Å²) in [4.78, 5) is 17.1. The van der Waals surface area contributed by atoms with Gasteiger partial charge in [0.05, 0.1) is 17.8 Å². The molecular weight excluding hydrogens is 236 g/mol. The standard InChI is InChI=1S/C12H20N2O2S/c1-7-10(17-9(3)13-7)8(2)14-12(4,5)11(15)16-6/h8,14H,1-6H3. The van der Waals surface area contributed by atoms with Crippen LogP contribution in [0.25, 0.3) is 0 Å². The predicted molar refractivity (Wildman–Crippen MR) is 69.2 cm³/mol. The lowest BCUT2D eigenvalue weighted by molar-refractivity contribution is -0.147. The molecule has 1 aromatic heterocycles. The van der Waals surface area contributed by atoms with E-state index in [1.807, 2.05) is 34.6 Å². The Balaban J connectivity index is 2.82. The van der Waals surface area contributed by atoms with Crippen LogP contribution < -0.4 is 5.32 Å². The van der Waals surface area contributed by atoms with Gasteiger partial charge in [0.2, 0.25) is 0 Å². The molecular formula is C12H20N2O2S. The number of nitrogens with zero attached hydrogens (tertiary/aromatic N) is 1. The number of carbonyl (C=O) groups excluding carboxylic acids is 1. The van der Waals surface area contributed by atoms with Crippen LogP contribution in [0.2, 0.25) is 0 Å². The Labute approximate surface area is 106 Å². The van der Waals surface area contributed by atoms with Crippen molar-refractivity contribution in [1.82, 2.24) is 10.3 Å². The van der Waals surface area contributed by atoms with Crippen LogP contribution in [0.15, 0.2) is 0 Å². The van der Waals surface area contributed by atoms with E-state index in [4.69, 9.17) is 4.74 Å². The molecule has 1 atom stereocenters. The molecule has 1 heterocycles. The van der Waals surface area contributed by atoms with Crippen molar-refractivity contribution in [2.45, 2.75) is 46.2 Å². The maximum absolute atomic E-state index is 11.6. The summed E-state index contributed by atoms with van der Waals surface area (Å²) in [5.41, 5.74) is 0.326. The molecule has 0 radical (unpaired) electrons. The molecule has 0 saturated heterocycles. The zero-order valence-electron chi connectivity index (χ0n) is 11.2. The molecule has 5 heteroatoms. The minimum absolute atomic E-state index is 0.0790. The molecule has 1 aromatic rings. The Morgan fingerprint density at radius 1 is 1.47 bits per heavy atom. The predicted octanol–water partition coefficient (Wildman–Crippen LogP) is 2.36. The average Bonchev–Trinajstić information content (AvgIpc) is 2.56. The molecule has 0 saturated carbocycles. The van der Waals surface area contributed by atoms with E-state index >= 15 is 0 Å². The fraction of sp³-hybridized carbons (Fsp3) is 0.667. The molecule has 0 amide bonds. The highest BCUT2D eigenvalue weighted by atomic mass is 32.1. The van der Waals surface area contributed by atoms with Gasteiger partial charge in [0.25, 0.3) is 0 Å². The van der Waals surface area contributed by atoms with Crippen LogP contribution in [-0.4, -0.2) is 23.6 Å². The first kappa shape index (κ1) is 14.1. The Hall–Kier alpha value is -0.940. The van der Waals surface area contributed by atoms with Crippen LogP contribution >= 0.6 is 11.3 Å². The van der Waals surface area contributed by atoms with Crippen molar-refractivity contribution in [1.29, 1.82) is 0 Å². The summed E-state index contributed by atoms with van der Waals surface area (Å²) in [6, 6.07) is 0.0790. The first-order valence-corrected chi connectivity index (χ1v) is 6.39. The SMILES string of the molecule is COC(=O)C(C)(C)NC(C)c1sc(C)nc1C. The van der Waals surface area contributed by atoms with Gasteiger partial charge in [-0.3, -0.25) is 10.1 Å². The van der Waals surface area contributed by atoms with Crippen LogP contribution in [0.4, 0.5) is 0 Å². The molecule has 0 fully saturated rings. The Bertz CT molecular complexity index is 413. The number of methoxy groups -OCH3 is 1. The second kappa shape index (κ2) is 5.14. The second-order valence-corrected chi connectivity index (χ2v) is 5.90. The zero-order valence-corrected chi connectivity index (χ0v) is 12.1. The van der Waals surface area contributed by atoms with E-state index in [9.17, 15) is 4.79 Å². The summed E-state index contributed by atoms with van der Waals surface area (Å²) in [6.07, 6.45) is 0. The van der Waals surface area contributed by atoms with E-state index in [0.717, 1.165) is 10.7 Å². The summed E-state index contributed by atoms with van der Waals surface area (Å²) in [6.45, 7) is 9.64. The minimum atomic E-state index is -0.696. The highest BCUT2D eigenvalue weighted by Gasteiger charge is 2.31. The summed E-state index contributed by atoms with van der Waals surface area (Å²) in [5, 5.41) is 4.32. The van der Waals surface area contributed by atoms with Crippen molar-refractivity contribution in [2.24, 2.45) is 0 Å². The topological polar surface area (TPSA) is 51.2 Å². The number of hydrogen-bond donors (Lipinski definition) is 1. The fourth-order valence-corrected chi connectivity index (χ4v) is 2.80. The molecule has 0 spiro atoms. The van der Waals surface area contributed by atoms with E-state index in [1.54, 1.807) is 11.3 Å². The van der Waals surface area contributed by atoms with Crippen molar-refractivity contribution < 1.29 is 9.53 Å². The third-order valence-corrected chi connectivity index (χ3v) is 3.86. The molecule has 0 aliphatic rings. The Kier molecular flexibility index (Phi) is 4.27. The maximum atomic E-state index is 11.6. The highest BCUT2D eigenvalue weighted by molar-refractivity contribution is 7.11. The third kappa shape index (κ3) is 3.26. The monoisotopic (exact) mass is 256 g/mol. The summed E-state index contributed by atoms with van der Waals surface area (Å²) >= 11 is 1.66. The second-order valence-electron chi connectivity index (χ2n) is 4.67. The van der Waals surface area contributed by atoms with Gasteiger partial charge in [-0.1, -0.05) is 0 Å². The van der Waals surface area contributed by atoms with Gasteiger partial charge in [0, 0.05) is 10.9 Å². The van der Waals surface area contributed by atoms with E-state index in [1.165, 1.54) is 12.0 Å². The van der Waals surface area contributed by atoms with Gasteiger partial charge in [0.15, 0.2) is 0 Å². The maximum Gasteiger partial charge on any atom is 0.325 e. The van der Waals surface area contributed by atoms with Gasteiger partial charge in [-0.2, -0.15) is 0 Å². The van der Waals surface area contributed by atoms with Gasteiger partial charge in [-0.15, -0.1) is 11.3 Å². The Morgan fingerprint density at radius 3 is 2.47 bits per heavy atom. The number of aryl methyl sites for hydroxylation is 2. The lowest BCUT2D eigenvalue weighted by atomic mass is 10.0. The molecule has 4 nitrogen and oxygen atoms in total. The largest absolute Gasteiger partial charge is 0.468 e. The normalized spacial score (nSPS) is 13.5. The number of esters is 1. The zero-order chi connectivity index (χ0) is 13.2. The van der Waals surface area contributed by atoms with Crippen molar-refractivity contribution in [3.63, 3.8) is 0 Å². The third-order valence-electron chi connectivity index (χ3n) is 2.61. The summed E-state index contributed by atoms with van der Waals surface area (Å²) < 4.78 is 4.77. The number of ether oxygens (including phenoxy) is 1. The number of nitrogens with one attached hydrogen (secondary N) is 1. The average molecular weight is 256 g/mol. The van der Waals surface area contributed by atoms with Crippen molar-refractivity contribution >= 4 is 17.3 Å². The lowest BCUT2D eigenvalue weighted by Crippen LogP contribution is -2.48. The molecule has 1 N–H and O–H groups in total. The van der Waals surface area contributed by atoms with E-state index in [-0.39, 0.29) is 12.0 Å². The smallest absolute Gasteiger partial charge is 0.325 e. The first-order valence-electron chi connectivity index (χ1n) is 5.58. The van der Waals surface area contributed by atoms with Gasteiger partial charge >= 0.3 is 5.97 Å². The van der Waals surface area contributed by atoms with Crippen molar-refractivity contribution in [2.75, 3.05) is 7.11 Å². The molecule has 1 rings (SSSR count). The van der Waals surface area contributed by atoms with Crippen LogP contribution in [-0.2, 0) is 9.53 Å². The lowest BCUT2D eigenvalue weighted by Gasteiger charge is -2.27. The molecule has 0 bridgehead atoms. The number of thiazole rings is 1. The van der Waals surface area contributed by atoms with Gasteiger partial charge in [-0.05, 0) is 34.6 Å². The number of carbonyl (C=O) groups is 1. The van der Waals surface area contributed by atoms with Gasteiger partial charge in [-0.25, -0.2) is 4.98 Å². The highest BCUT2D eigenvalue weighted by Crippen LogP contribution is 2.26. The molecule has 0 aromatic carbocycles. The first-order chi connectivity index (χ1) is 7.77. The molecule has 0 aliphatic carbocycles. The van der Waals surface area contributed by atoms with E-state index in [2.05, 4.69) is 10.3 Å². The fourth-order valence-electron chi connectivity index (χ4n) is 1.87. The summed E-state index contributed by atoms with van der Waals surface area (Å²) in [7, 11) is 1.40. The van der Waals surface area contributed by atoms with E-state index < -0.39 is 5.54 Å². The number of rotatable bonds is 4. The quantitative estimate of drug-likeness (QED) is 0.840. The van der Waals surface area contributed by atoms with Crippen LogP contribution in [0.3, 0.4) is 0 Å². The molecule has 0 aliphatic heterocycles. The molecule has 1 unspecified atom stereocenters. The van der Waals surface area contributed by atoms with Crippen LogP contribution in [0, 0.1) is 13.8 Å².